The van der Waals surface area contributed by atoms with Gasteiger partial charge in [0.15, 0.2) is 0 Å². The fraction of sp³-hybridized carbons (Fsp3) is 0.400. The molecule has 1 aliphatic heterocycles. The molecule has 0 bridgehead atoms. The van der Waals surface area contributed by atoms with Gasteiger partial charge in [-0.2, -0.15) is 0 Å². The van der Waals surface area contributed by atoms with Crippen LogP contribution in [0.4, 0.5) is 4.79 Å². The average molecular weight is 453 g/mol. The maximum Gasteiger partial charge on any atom is 0.407 e. The van der Waals surface area contributed by atoms with Gasteiger partial charge in [-0.25, -0.2) is 4.79 Å². The van der Waals surface area contributed by atoms with Gasteiger partial charge in [0.1, 0.15) is 13.2 Å². The van der Waals surface area contributed by atoms with Crippen LogP contribution in [0, 0.1) is 0 Å². The molecule has 0 aromatic heterocycles. The molecule has 8 nitrogen and oxygen atoms in total. The smallest absolute Gasteiger partial charge is 0.407 e. The summed E-state index contributed by atoms with van der Waals surface area (Å²) in [6, 6.07) is 16.2. The van der Waals surface area contributed by atoms with Crippen LogP contribution in [0.25, 0.3) is 11.1 Å². The quantitative estimate of drug-likeness (QED) is 0.669. The van der Waals surface area contributed by atoms with Crippen LogP contribution in [0.5, 0.6) is 0 Å². The summed E-state index contributed by atoms with van der Waals surface area (Å²) in [6.45, 7) is 0.592. The van der Waals surface area contributed by atoms with E-state index in [1.807, 2.05) is 24.3 Å². The molecule has 174 valence electrons. The van der Waals surface area contributed by atoms with E-state index < -0.39 is 24.1 Å². The molecule has 1 fully saturated rings. The van der Waals surface area contributed by atoms with E-state index in [1.54, 1.807) is 0 Å². The fourth-order valence-corrected chi connectivity index (χ4v) is 4.67. The lowest BCUT2D eigenvalue weighted by Crippen LogP contribution is -2.55. The third-order valence-electron chi connectivity index (χ3n) is 6.45. The molecule has 0 radical (unpaired) electrons. The highest BCUT2D eigenvalue weighted by Crippen LogP contribution is 2.44. The van der Waals surface area contributed by atoms with E-state index >= 15 is 0 Å². The van der Waals surface area contributed by atoms with Gasteiger partial charge in [-0.1, -0.05) is 48.5 Å². The molecule has 0 spiro atoms. The topological polar surface area (TPSA) is 105 Å². The Labute approximate surface area is 192 Å². The molecular formula is C25H28N2O6. The number of carboxylic acid groups (broad SMARTS) is 1. The standard InChI is InChI=1S/C25H28N2O6/c1-27(15-23(29)30)22(28)14-25(10-12-32-13-11-25)26-24(31)33-16-21-19-8-4-2-6-17(19)18-7-3-5-9-20(18)21/h2-9,21H,10-16H2,1H3,(H,26,31)(H,29,30). The number of hydrogen-bond donors (Lipinski definition) is 2. The first-order valence-electron chi connectivity index (χ1n) is 11.1. The van der Waals surface area contributed by atoms with Crippen molar-refractivity contribution >= 4 is 18.0 Å². The van der Waals surface area contributed by atoms with E-state index in [0.717, 1.165) is 27.2 Å². The van der Waals surface area contributed by atoms with Crippen LogP contribution in [-0.2, 0) is 19.1 Å². The minimum absolute atomic E-state index is 0.00959. The number of hydrogen-bond acceptors (Lipinski definition) is 5. The van der Waals surface area contributed by atoms with Crippen molar-refractivity contribution in [3.05, 3.63) is 59.7 Å². The Kier molecular flexibility index (Phi) is 6.65. The summed E-state index contributed by atoms with van der Waals surface area (Å²) in [5.74, 6) is -1.49. The second-order valence-electron chi connectivity index (χ2n) is 8.66. The zero-order valence-corrected chi connectivity index (χ0v) is 18.6. The van der Waals surface area contributed by atoms with Crippen molar-refractivity contribution in [3.63, 3.8) is 0 Å². The number of carbonyl (C=O) groups is 3. The number of nitrogens with one attached hydrogen (secondary N) is 1. The molecule has 2 N–H and O–H groups in total. The van der Waals surface area contributed by atoms with Crippen molar-refractivity contribution in [1.82, 2.24) is 10.2 Å². The van der Waals surface area contributed by atoms with Crippen LogP contribution in [0.1, 0.15) is 36.3 Å². The van der Waals surface area contributed by atoms with Crippen LogP contribution >= 0.6 is 0 Å². The number of benzene rings is 2. The van der Waals surface area contributed by atoms with Crippen molar-refractivity contribution in [3.8, 4) is 11.1 Å². The summed E-state index contributed by atoms with van der Waals surface area (Å²) in [4.78, 5) is 37.5. The molecule has 2 aliphatic rings. The molecule has 1 saturated heterocycles. The summed E-state index contributed by atoms with van der Waals surface area (Å²) in [7, 11) is 1.44. The van der Waals surface area contributed by atoms with Crippen LogP contribution in [0.2, 0.25) is 0 Å². The molecular weight excluding hydrogens is 424 g/mol. The number of likely N-dealkylation sites (N-methyl/N-ethyl adjacent to an activating group) is 1. The lowest BCUT2D eigenvalue weighted by atomic mass is 9.86. The Morgan fingerprint density at radius 2 is 1.64 bits per heavy atom. The Balaban J connectivity index is 1.43. The summed E-state index contributed by atoms with van der Waals surface area (Å²) in [6.07, 6.45) is 0.297. The molecule has 0 unspecified atom stereocenters. The van der Waals surface area contributed by atoms with Gasteiger partial charge < -0.3 is 24.8 Å². The van der Waals surface area contributed by atoms with Crippen molar-refractivity contribution in [2.24, 2.45) is 0 Å². The largest absolute Gasteiger partial charge is 0.480 e. The monoisotopic (exact) mass is 452 g/mol. The number of aliphatic carboxylic acids is 1. The van der Waals surface area contributed by atoms with Crippen molar-refractivity contribution in [1.29, 1.82) is 0 Å². The van der Waals surface area contributed by atoms with Gasteiger partial charge in [0.2, 0.25) is 5.91 Å². The molecule has 2 aromatic rings. The zero-order valence-electron chi connectivity index (χ0n) is 18.6. The van der Waals surface area contributed by atoms with E-state index in [-0.39, 0.29) is 24.9 Å². The Bertz CT molecular complexity index is 1000. The second kappa shape index (κ2) is 9.62. The molecule has 0 atom stereocenters. The van der Waals surface area contributed by atoms with Crippen LogP contribution in [-0.4, -0.2) is 66.9 Å². The fourth-order valence-electron chi connectivity index (χ4n) is 4.67. The van der Waals surface area contributed by atoms with Gasteiger partial charge in [-0.3, -0.25) is 9.59 Å². The van der Waals surface area contributed by atoms with E-state index in [4.69, 9.17) is 14.6 Å². The first-order valence-corrected chi connectivity index (χ1v) is 11.1. The minimum Gasteiger partial charge on any atom is -0.480 e. The predicted molar refractivity (Wildman–Crippen MR) is 121 cm³/mol. The normalized spacial score (nSPS) is 16.4. The molecule has 33 heavy (non-hydrogen) atoms. The summed E-state index contributed by atoms with van der Waals surface area (Å²) in [5.41, 5.74) is 3.71. The number of alkyl carbamates (subject to hydrolysis) is 1. The van der Waals surface area contributed by atoms with Gasteiger partial charge in [-0.05, 0) is 35.1 Å². The van der Waals surface area contributed by atoms with Gasteiger partial charge in [0.05, 0.1) is 12.0 Å². The number of nitrogens with zero attached hydrogens (tertiary/aromatic N) is 1. The van der Waals surface area contributed by atoms with Crippen molar-refractivity contribution in [2.75, 3.05) is 33.4 Å². The summed E-state index contributed by atoms with van der Waals surface area (Å²) in [5, 5.41) is 11.9. The molecule has 8 heteroatoms. The number of amides is 2. The molecule has 0 saturated carbocycles. The first-order chi connectivity index (χ1) is 15.9. The SMILES string of the molecule is CN(CC(=O)O)C(=O)CC1(NC(=O)OCC2c3ccccc3-c3ccccc32)CCOCC1. The Hall–Kier alpha value is -3.39. The number of rotatable bonds is 7. The number of fused-ring (bicyclic) bond motifs is 3. The maximum absolute atomic E-state index is 12.8. The van der Waals surface area contributed by atoms with Gasteiger partial charge in [-0.15, -0.1) is 0 Å². The van der Waals surface area contributed by atoms with Crippen LogP contribution < -0.4 is 5.32 Å². The van der Waals surface area contributed by atoms with E-state index in [2.05, 4.69) is 29.6 Å². The number of carboxylic acids is 1. The van der Waals surface area contributed by atoms with Crippen LogP contribution in [0.3, 0.4) is 0 Å². The maximum atomic E-state index is 12.8. The summed E-state index contributed by atoms with van der Waals surface area (Å²) >= 11 is 0. The molecule has 1 heterocycles. The first kappa shape index (κ1) is 22.8. The molecule has 1 aliphatic carbocycles. The van der Waals surface area contributed by atoms with Gasteiger partial charge >= 0.3 is 12.1 Å². The zero-order chi connectivity index (χ0) is 23.4. The van der Waals surface area contributed by atoms with Gasteiger partial charge in [0, 0.05) is 26.2 Å². The highest BCUT2D eigenvalue weighted by atomic mass is 16.5. The van der Waals surface area contributed by atoms with Gasteiger partial charge in [0.25, 0.3) is 0 Å². The number of carbonyl (C=O) groups excluding carboxylic acids is 2. The van der Waals surface area contributed by atoms with Crippen molar-refractivity contribution in [2.45, 2.75) is 30.7 Å². The number of ether oxygens (including phenoxy) is 2. The highest BCUT2D eigenvalue weighted by Gasteiger charge is 2.38. The summed E-state index contributed by atoms with van der Waals surface area (Å²) < 4.78 is 11.1. The third kappa shape index (κ3) is 5.01. The predicted octanol–water partition coefficient (Wildman–Crippen LogP) is 3.01. The van der Waals surface area contributed by atoms with E-state index in [1.165, 1.54) is 7.05 Å². The second-order valence-corrected chi connectivity index (χ2v) is 8.66. The molecule has 2 aromatic carbocycles. The van der Waals surface area contributed by atoms with E-state index in [9.17, 15) is 14.4 Å². The van der Waals surface area contributed by atoms with Crippen LogP contribution in [0.15, 0.2) is 48.5 Å². The molecule has 4 rings (SSSR count). The Morgan fingerprint density at radius 1 is 1.06 bits per heavy atom. The van der Waals surface area contributed by atoms with E-state index in [0.29, 0.717) is 26.1 Å². The average Bonchev–Trinajstić information content (AvgIpc) is 3.11. The minimum atomic E-state index is -1.09. The highest BCUT2D eigenvalue weighted by molar-refractivity contribution is 5.83. The lowest BCUT2D eigenvalue weighted by Gasteiger charge is -2.38. The third-order valence-corrected chi connectivity index (χ3v) is 6.45. The Morgan fingerprint density at radius 3 is 2.21 bits per heavy atom. The van der Waals surface area contributed by atoms with Crippen molar-refractivity contribution < 1.29 is 29.0 Å². The molecule has 2 amide bonds. The lowest BCUT2D eigenvalue weighted by molar-refractivity contribution is -0.144.